The van der Waals surface area contributed by atoms with E-state index in [9.17, 15) is 4.39 Å². The fourth-order valence-electron chi connectivity index (χ4n) is 1.67. The molecule has 0 fully saturated rings. The molecule has 1 aromatic heterocycles. The molecule has 2 nitrogen and oxygen atoms in total. The summed E-state index contributed by atoms with van der Waals surface area (Å²) in [4.78, 5) is 3.06. The summed E-state index contributed by atoms with van der Waals surface area (Å²) >= 11 is 0. The fourth-order valence-corrected chi connectivity index (χ4v) is 1.67. The summed E-state index contributed by atoms with van der Waals surface area (Å²) in [6.45, 7) is 1.89. The Hall–Kier alpha value is -1.82. The number of nitriles is 1. The Morgan fingerprint density at radius 1 is 1.50 bits per heavy atom. The van der Waals surface area contributed by atoms with Crippen LogP contribution in [0.1, 0.15) is 11.3 Å². The number of fused-ring (bicyclic) bond motifs is 1. The first-order valence-electron chi connectivity index (χ1n) is 4.36. The van der Waals surface area contributed by atoms with Gasteiger partial charge in [-0.25, -0.2) is 4.39 Å². The molecule has 0 aliphatic carbocycles. The predicted molar refractivity (Wildman–Crippen MR) is 52.3 cm³/mol. The Morgan fingerprint density at radius 3 is 3.00 bits per heavy atom. The van der Waals surface area contributed by atoms with E-state index < -0.39 is 0 Å². The lowest BCUT2D eigenvalue weighted by Gasteiger charge is -1.93. The Morgan fingerprint density at radius 2 is 2.29 bits per heavy atom. The molecule has 1 heterocycles. The number of aromatic nitrogens is 1. The Balaban J connectivity index is 2.72. The molecule has 70 valence electrons. The predicted octanol–water partition coefficient (Wildman–Crippen LogP) is 2.68. The van der Waals surface area contributed by atoms with E-state index in [4.69, 9.17) is 5.26 Å². The van der Waals surface area contributed by atoms with Crippen molar-refractivity contribution < 1.29 is 4.39 Å². The summed E-state index contributed by atoms with van der Waals surface area (Å²) < 4.78 is 12.9. The topological polar surface area (TPSA) is 39.6 Å². The second-order valence-electron chi connectivity index (χ2n) is 3.25. The molecule has 2 rings (SSSR count). The van der Waals surface area contributed by atoms with Crippen LogP contribution in [0, 0.1) is 24.1 Å². The van der Waals surface area contributed by atoms with Crippen molar-refractivity contribution in [1.82, 2.24) is 4.98 Å². The van der Waals surface area contributed by atoms with Crippen molar-refractivity contribution in [2.75, 3.05) is 0 Å². The summed E-state index contributed by atoms with van der Waals surface area (Å²) in [5.74, 6) is -0.262. The van der Waals surface area contributed by atoms with E-state index in [0.29, 0.717) is 6.42 Å². The molecule has 0 bridgehead atoms. The number of rotatable bonds is 1. The molecule has 0 aliphatic rings. The van der Waals surface area contributed by atoms with Gasteiger partial charge in [0, 0.05) is 16.6 Å². The fraction of sp³-hybridized carbons (Fsp3) is 0.182. The molecule has 0 amide bonds. The van der Waals surface area contributed by atoms with Crippen molar-refractivity contribution in [3.8, 4) is 6.07 Å². The van der Waals surface area contributed by atoms with Crippen molar-refractivity contribution in [2.24, 2.45) is 0 Å². The van der Waals surface area contributed by atoms with Gasteiger partial charge in [-0.3, -0.25) is 0 Å². The van der Waals surface area contributed by atoms with Crippen LogP contribution in [0.5, 0.6) is 0 Å². The van der Waals surface area contributed by atoms with Gasteiger partial charge >= 0.3 is 0 Å². The third-order valence-electron chi connectivity index (χ3n) is 2.34. The maximum Gasteiger partial charge on any atom is 0.125 e. The lowest BCUT2D eigenvalue weighted by atomic mass is 10.1. The minimum Gasteiger partial charge on any atom is -0.358 e. The van der Waals surface area contributed by atoms with Crippen molar-refractivity contribution in [2.45, 2.75) is 13.3 Å². The summed E-state index contributed by atoms with van der Waals surface area (Å²) in [6.07, 6.45) is 0.359. The van der Waals surface area contributed by atoms with Gasteiger partial charge in [0.05, 0.1) is 12.5 Å². The Bertz CT molecular complexity index is 520. The zero-order valence-electron chi connectivity index (χ0n) is 7.76. The van der Waals surface area contributed by atoms with Crippen molar-refractivity contribution >= 4 is 10.9 Å². The van der Waals surface area contributed by atoms with Crippen LogP contribution in [0.25, 0.3) is 10.9 Å². The molecule has 0 aliphatic heterocycles. The van der Waals surface area contributed by atoms with Crippen molar-refractivity contribution in [3.05, 3.63) is 35.3 Å². The van der Waals surface area contributed by atoms with Crippen molar-refractivity contribution in [3.63, 3.8) is 0 Å². The van der Waals surface area contributed by atoms with E-state index in [2.05, 4.69) is 11.1 Å². The molecule has 14 heavy (non-hydrogen) atoms. The molecule has 3 heteroatoms. The highest BCUT2D eigenvalue weighted by molar-refractivity contribution is 5.84. The van der Waals surface area contributed by atoms with Crippen LogP contribution < -0.4 is 0 Å². The summed E-state index contributed by atoms with van der Waals surface area (Å²) in [7, 11) is 0. The standard InChI is InChI=1S/C11H9FN2/c1-7-9(4-5-13)10-3-2-8(12)6-11(10)14-7/h2-3,6,14H,4H2,1H3. The molecule has 0 spiro atoms. The maximum atomic E-state index is 12.9. The first kappa shape index (κ1) is 8.76. The van der Waals surface area contributed by atoms with Gasteiger partial charge in [-0.15, -0.1) is 0 Å². The van der Waals surface area contributed by atoms with E-state index in [1.54, 1.807) is 6.07 Å². The maximum absolute atomic E-state index is 12.9. The number of nitrogens with one attached hydrogen (secondary N) is 1. The van der Waals surface area contributed by atoms with Crippen LogP contribution in [0.3, 0.4) is 0 Å². The van der Waals surface area contributed by atoms with Gasteiger partial charge in [-0.1, -0.05) is 0 Å². The molecule has 0 atom stereocenters. The quantitative estimate of drug-likeness (QED) is 0.734. The van der Waals surface area contributed by atoms with E-state index in [-0.39, 0.29) is 5.82 Å². The molecular formula is C11H9FN2. The van der Waals surface area contributed by atoms with E-state index in [1.165, 1.54) is 12.1 Å². The Labute approximate surface area is 81.0 Å². The largest absolute Gasteiger partial charge is 0.358 e. The molecule has 1 aromatic carbocycles. The van der Waals surface area contributed by atoms with Crippen molar-refractivity contribution in [1.29, 1.82) is 5.26 Å². The van der Waals surface area contributed by atoms with Crippen LogP contribution in [0.15, 0.2) is 18.2 Å². The first-order valence-corrected chi connectivity index (χ1v) is 4.36. The molecule has 1 N–H and O–H groups in total. The SMILES string of the molecule is Cc1[nH]c2cc(F)ccc2c1CC#N. The minimum atomic E-state index is -0.262. The van der Waals surface area contributed by atoms with Crippen LogP contribution in [0.4, 0.5) is 4.39 Å². The number of halogens is 1. The third-order valence-corrected chi connectivity index (χ3v) is 2.34. The van der Waals surface area contributed by atoms with Gasteiger partial charge in [0.25, 0.3) is 0 Å². The smallest absolute Gasteiger partial charge is 0.125 e. The summed E-state index contributed by atoms with van der Waals surface area (Å²) in [5.41, 5.74) is 2.66. The van der Waals surface area contributed by atoms with E-state index >= 15 is 0 Å². The van der Waals surface area contributed by atoms with Crippen LogP contribution in [-0.4, -0.2) is 4.98 Å². The number of hydrogen-bond donors (Lipinski definition) is 1. The van der Waals surface area contributed by atoms with Crippen LogP contribution in [0.2, 0.25) is 0 Å². The highest BCUT2D eigenvalue weighted by atomic mass is 19.1. The molecule has 0 unspecified atom stereocenters. The third kappa shape index (κ3) is 1.25. The zero-order chi connectivity index (χ0) is 10.1. The van der Waals surface area contributed by atoms with E-state index in [1.807, 2.05) is 6.92 Å². The monoisotopic (exact) mass is 188 g/mol. The summed E-state index contributed by atoms with van der Waals surface area (Å²) in [5, 5.41) is 9.57. The Kier molecular flexibility index (Phi) is 1.97. The van der Waals surface area contributed by atoms with Gasteiger partial charge < -0.3 is 4.98 Å². The van der Waals surface area contributed by atoms with Crippen LogP contribution >= 0.6 is 0 Å². The first-order chi connectivity index (χ1) is 6.72. The van der Waals surface area contributed by atoms with Gasteiger partial charge in [0.1, 0.15) is 5.82 Å². The second kappa shape index (κ2) is 3.15. The lowest BCUT2D eigenvalue weighted by molar-refractivity contribution is 0.629. The lowest BCUT2D eigenvalue weighted by Crippen LogP contribution is -1.82. The number of nitrogens with zero attached hydrogens (tertiary/aromatic N) is 1. The number of H-pyrrole nitrogens is 1. The van der Waals surface area contributed by atoms with Gasteiger partial charge in [0.2, 0.25) is 0 Å². The zero-order valence-corrected chi connectivity index (χ0v) is 7.76. The van der Waals surface area contributed by atoms with E-state index in [0.717, 1.165) is 22.2 Å². The average Bonchev–Trinajstić information content (AvgIpc) is 2.43. The number of hydrogen-bond acceptors (Lipinski definition) is 1. The number of aryl methyl sites for hydroxylation is 1. The minimum absolute atomic E-state index is 0.262. The molecule has 0 saturated carbocycles. The number of benzene rings is 1. The highest BCUT2D eigenvalue weighted by Gasteiger charge is 2.07. The second-order valence-corrected chi connectivity index (χ2v) is 3.25. The molecular weight excluding hydrogens is 179 g/mol. The average molecular weight is 188 g/mol. The normalized spacial score (nSPS) is 10.4. The summed E-state index contributed by atoms with van der Waals surface area (Å²) in [6, 6.07) is 6.67. The van der Waals surface area contributed by atoms with Crippen LogP contribution in [-0.2, 0) is 6.42 Å². The number of aromatic amines is 1. The molecule has 0 saturated heterocycles. The van der Waals surface area contributed by atoms with Gasteiger partial charge in [0.15, 0.2) is 0 Å². The molecule has 0 radical (unpaired) electrons. The molecule has 2 aromatic rings. The highest BCUT2D eigenvalue weighted by Crippen LogP contribution is 2.22. The van der Waals surface area contributed by atoms with Gasteiger partial charge in [-0.2, -0.15) is 5.26 Å². The van der Waals surface area contributed by atoms with Gasteiger partial charge in [-0.05, 0) is 30.7 Å².